The Labute approximate surface area is 101 Å². The second kappa shape index (κ2) is 6.22. The van der Waals surface area contributed by atoms with Crippen molar-refractivity contribution < 1.29 is 14.7 Å². The molecule has 1 amide bonds. The molecule has 0 aliphatic heterocycles. The van der Waals surface area contributed by atoms with Crippen LogP contribution in [0.25, 0.3) is 0 Å². The standard InChI is InChI=1S/C10H11BrN2O3/c11-8-6-12-5-3-7(8)10(16)13-4-1-2-9(14)15/h3,5-6H,1-2,4H2,(H,13,16)(H,14,15). The van der Waals surface area contributed by atoms with Gasteiger partial charge in [0.05, 0.1) is 5.56 Å². The number of rotatable bonds is 5. The number of halogens is 1. The van der Waals surface area contributed by atoms with E-state index in [1.807, 2.05) is 0 Å². The number of aliphatic carboxylic acids is 1. The van der Waals surface area contributed by atoms with Crippen LogP contribution in [0, 0.1) is 0 Å². The molecular formula is C10H11BrN2O3. The average Bonchev–Trinajstić information content (AvgIpc) is 2.24. The molecule has 0 atom stereocenters. The van der Waals surface area contributed by atoms with Crippen molar-refractivity contribution in [1.29, 1.82) is 0 Å². The largest absolute Gasteiger partial charge is 0.481 e. The van der Waals surface area contributed by atoms with E-state index in [1.54, 1.807) is 6.07 Å². The molecular weight excluding hydrogens is 276 g/mol. The normalized spacial score (nSPS) is 9.81. The van der Waals surface area contributed by atoms with Crippen LogP contribution in [0.3, 0.4) is 0 Å². The SMILES string of the molecule is O=C(O)CCCNC(=O)c1ccncc1Br. The maximum absolute atomic E-state index is 11.6. The molecule has 0 saturated carbocycles. The van der Waals surface area contributed by atoms with Crippen LogP contribution in [0.2, 0.25) is 0 Å². The van der Waals surface area contributed by atoms with Gasteiger partial charge in [-0.1, -0.05) is 0 Å². The van der Waals surface area contributed by atoms with Crippen LogP contribution >= 0.6 is 15.9 Å². The number of carboxylic acid groups (broad SMARTS) is 1. The van der Waals surface area contributed by atoms with E-state index in [2.05, 4.69) is 26.2 Å². The van der Waals surface area contributed by atoms with Crippen molar-refractivity contribution in [2.24, 2.45) is 0 Å². The van der Waals surface area contributed by atoms with Crippen molar-refractivity contribution in [2.45, 2.75) is 12.8 Å². The highest BCUT2D eigenvalue weighted by molar-refractivity contribution is 9.10. The molecule has 0 unspecified atom stereocenters. The number of hydrogen-bond acceptors (Lipinski definition) is 3. The highest BCUT2D eigenvalue weighted by atomic mass is 79.9. The fraction of sp³-hybridized carbons (Fsp3) is 0.300. The van der Waals surface area contributed by atoms with Gasteiger partial charge in [0.1, 0.15) is 0 Å². The van der Waals surface area contributed by atoms with Gasteiger partial charge in [0.15, 0.2) is 0 Å². The van der Waals surface area contributed by atoms with Gasteiger partial charge in [0, 0.05) is 29.8 Å². The van der Waals surface area contributed by atoms with Gasteiger partial charge >= 0.3 is 5.97 Å². The molecule has 86 valence electrons. The molecule has 0 fully saturated rings. The van der Waals surface area contributed by atoms with E-state index in [0.29, 0.717) is 23.0 Å². The molecule has 1 aromatic heterocycles. The van der Waals surface area contributed by atoms with Gasteiger partial charge < -0.3 is 10.4 Å². The van der Waals surface area contributed by atoms with Crippen molar-refractivity contribution in [1.82, 2.24) is 10.3 Å². The van der Waals surface area contributed by atoms with Gasteiger partial charge in [-0.2, -0.15) is 0 Å². The van der Waals surface area contributed by atoms with E-state index < -0.39 is 5.97 Å². The Morgan fingerprint density at radius 3 is 2.88 bits per heavy atom. The average molecular weight is 287 g/mol. The van der Waals surface area contributed by atoms with E-state index in [1.165, 1.54) is 12.4 Å². The molecule has 0 radical (unpaired) electrons. The summed E-state index contributed by atoms with van der Waals surface area (Å²) in [6.45, 7) is 0.347. The maximum atomic E-state index is 11.6. The zero-order valence-corrected chi connectivity index (χ0v) is 10.0. The van der Waals surface area contributed by atoms with Crippen LogP contribution in [0.4, 0.5) is 0 Å². The first-order valence-corrected chi connectivity index (χ1v) is 5.50. The van der Waals surface area contributed by atoms with E-state index in [-0.39, 0.29) is 12.3 Å². The van der Waals surface area contributed by atoms with Gasteiger partial charge in [-0.25, -0.2) is 0 Å². The van der Waals surface area contributed by atoms with Gasteiger partial charge in [0.2, 0.25) is 0 Å². The smallest absolute Gasteiger partial charge is 0.303 e. The van der Waals surface area contributed by atoms with Crippen LogP contribution in [0.5, 0.6) is 0 Å². The summed E-state index contributed by atoms with van der Waals surface area (Å²) >= 11 is 3.21. The van der Waals surface area contributed by atoms with Crippen LogP contribution in [0.15, 0.2) is 22.9 Å². The molecule has 0 aliphatic carbocycles. The molecule has 1 aromatic rings. The molecule has 0 spiro atoms. The van der Waals surface area contributed by atoms with Crippen molar-refractivity contribution in [2.75, 3.05) is 6.54 Å². The molecule has 5 nitrogen and oxygen atoms in total. The summed E-state index contributed by atoms with van der Waals surface area (Å²) in [7, 11) is 0. The van der Waals surface area contributed by atoms with Crippen molar-refractivity contribution >= 4 is 27.8 Å². The fourth-order valence-electron chi connectivity index (χ4n) is 1.10. The van der Waals surface area contributed by atoms with E-state index >= 15 is 0 Å². The molecule has 0 aromatic carbocycles. The van der Waals surface area contributed by atoms with Crippen LogP contribution in [-0.2, 0) is 4.79 Å². The van der Waals surface area contributed by atoms with E-state index in [4.69, 9.17) is 5.11 Å². The molecule has 6 heteroatoms. The lowest BCUT2D eigenvalue weighted by atomic mass is 10.2. The number of nitrogens with zero attached hydrogens (tertiary/aromatic N) is 1. The molecule has 0 bridgehead atoms. The van der Waals surface area contributed by atoms with Crippen molar-refractivity contribution in [3.8, 4) is 0 Å². The zero-order valence-electron chi connectivity index (χ0n) is 8.44. The lowest BCUT2D eigenvalue weighted by molar-refractivity contribution is -0.137. The summed E-state index contributed by atoms with van der Waals surface area (Å²) in [6, 6.07) is 1.59. The minimum Gasteiger partial charge on any atom is -0.481 e. The van der Waals surface area contributed by atoms with Crippen LogP contribution in [0.1, 0.15) is 23.2 Å². The molecule has 2 N–H and O–H groups in total. The third-order valence-electron chi connectivity index (χ3n) is 1.87. The number of carbonyl (C=O) groups excluding carboxylic acids is 1. The highest BCUT2D eigenvalue weighted by Crippen LogP contribution is 2.13. The second-order valence-corrected chi connectivity index (χ2v) is 3.96. The molecule has 0 saturated heterocycles. The Morgan fingerprint density at radius 1 is 1.50 bits per heavy atom. The summed E-state index contributed by atoms with van der Waals surface area (Å²) in [6.07, 6.45) is 3.53. The predicted octanol–water partition coefficient (Wildman–Crippen LogP) is 1.44. The highest BCUT2D eigenvalue weighted by Gasteiger charge is 2.08. The fourth-order valence-corrected chi connectivity index (χ4v) is 1.53. The number of nitrogens with one attached hydrogen (secondary N) is 1. The summed E-state index contributed by atoms with van der Waals surface area (Å²) in [4.78, 5) is 25.7. The molecule has 1 heterocycles. The third-order valence-corrected chi connectivity index (χ3v) is 2.50. The monoisotopic (exact) mass is 286 g/mol. The van der Waals surface area contributed by atoms with Gasteiger partial charge in [-0.05, 0) is 28.4 Å². The third kappa shape index (κ3) is 3.98. The van der Waals surface area contributed by atoms with Crippen LogP contribution in [-0.4, -0.2) is 28.5 Å². The number of amides is 1. The molecule has 1 rings (SSSR count). The summed E-state index contributed by atoms with van der Waals surface area (Å²) < 4.78 is 0.616. The van der Waals surface area contributed by atoms with Crippen molar-refractivity contribution in [3.63, 3.8) is 0 Å². The lowest BCUT2D eigenvalue weighted by Gasteiger charge is -2.05. The number of carboxylic acids is 1. The van der Waals surface area contributed by atoms with Gasteiger partial charge in [-0.15, -0.1) is 0 Å². The Kier molecular flexibility index (Phi) is 4.91. The van der Waals surface area contributed by atoms with Gasteiger partial charge in [-0.3, -0.25) is 14.6 Å². The number of hydrogen-bond donors (Lipinski definition) is 2. The summed E-state index contributed by atoms with van der Waals surface area (Å²) in [5.41, 5.74) is 0.491. The minimum atomic E-state index is -0.862. The van der Waals surface area contributed by atoms with E-state index in [0.717, 1.165) is 0 Å². The quantitative estimate of drug-likeness (QED) is 0.803. The Morgan fingerprint density at radius 2 is 2.25 bits per heavy atom. The van der Waals surface area contributed by atoms with Crippen LogP contribution < -0.4 is 5.32 Å². The lowest BCUT2D eigenvalue weighted by Crippen LogP contribution is -2.25. The Balaban J connectivity index is 2.41. The minimum absolute atomic E-state index is 0.0534. The van der Waals surface area contributed by atoms with E-state index in [9.17, 15) is 9.59 Å². The predicted molar refractivity (Wildman–Crippen MR) is 61.1 cm³/mol. The maximum Gasteiger partial charge on any atom is 0.303 e. The first kappa shape index (κ1) is 12.6. The molecule has 16 heavy (non-hydrogen) atoms. The topological polar surface area (TPSA) is 79.3 Å². The van der Waals surface area contributed by atoms with Gasteiger partial charge in [0.25, 0.3) is 5.91 Å². The first-order valence-electron chi connectivity index (χ1n) is 4.71. The second-order valence-electron chi connectivity index (χ2n) is 3.11. The number of aromatic nitrogens is 1. The number of carbonyl (C=O) groups is 2. The summed E-state index contributed by atoms with van der Waals surface area (Å²) in [5, 5.41) is 11.0. The molecule has 0 aliphatic rings. The van der Waals surface area contributed by atoms with Crippen molar-refractivity contribution in [3.05, 3.63) is 28.5 Å². The Bertz CT molecular complexity index is 395. The number of pyridine rings is 1. The first-order chi connectivity index (χ1) is 7.61. The zero-order chi connectivity index (χ0) is 12.0. The Hall–Kier alpha value is -1.43. The summed E-state index contributed by atoms with van der Waals surface area (Å²) in [5.74, 6) is -1.10.